The lowest BCUT2D eigenvalue weighted by Gasteiger charge is -2.30. The van der Waals surface area contributed by atoms with Crippen LogP contribution in [0.5, 0.6) is 57.5 Å². The molecule has 11 rings (SSSR count). The Bertz CT molecular complexity index is 5340. The Balaban J connectivity index is 0.000000443. The minimum Gasteiger partial charge on any atom is -0.497 e. The first-order valence-electron chi connectivity index (χ1n) is 40.2. The van der Waals surface area contributed by atoms with E-state index in [0.29, 0.717) is 57.1 Å². The summed E-state index contributed by atoms with van der Waals surface area (Å²) >= 11 is 0. The fourth-order valence-electron chi connectivity index (χ4n) is 13.1. The summed E-state index contributed by atoms with van der Waals surface area (Å²) in [4.78, 5) is 60.2. The van der Waals surface area contributed by atoms with Crippen LogP contribution in [0.1, 0.15) is 160 Å². The predicted octanol–water partition coefficient (Wildman–Crippen LogP) is 21.4. The number of aliphatic hydroxyl groups is 4. The molecule has 0 aliphatic heterocycles. The Hall–Kier alpha value is -13.8. The van der Waals surface area contributed by atoms with E-state index in [1.165, 1.54) is 13.8 Å². The molecule has 8 unspecified atom stereocenters. The lowest BCUT2D eigenvalue weighted by molar-refractivity contribution is -0.143. The minimum atomic E-state index is -1.05. The Kier molecular flexibility index (Phi) is 42.9. The van der Waals surface area contributed by atoms with Crippen molar-refractivity contribution in [2.75, 3.05) is 67.1 Å². The quantitative estimate of drug-likeness (QED) is 0.0120. The van der Waals surface area contributed by atoms with Crippen LogP contribution in [0.3, 0.4) is 0 Å². The van der Waals surface area contributed by atoms with Crippen LogP contribution < -0.4 is 37.9 Å². The number of aliphatic hydroxyl groups excluding tert-OH is 4. The van der Waals surface area contributed by atoms with E-state index in [1.807, 2.05) is 232 Å². The van der Waals surface area contributed by atoms with Crippen molar-refractivity contribution in [2.45, 2.75) is 127 Å². The van der Waals surface area contributed by atoms with Crippen molar-refractivity contribution in [2.24, 2.45) is 0 Å². The number of hydrogen-bond acceptors (Lipinski definition) is 21. The van der Waals surface area contributed by atoms with Crippen LogP contribution in [0.15, 0.2) is 316 Å². The van der Waals surface area contributed by atoms with Crippen LogP contribution in [0, 0.1) is 13.8 Å². The van der Waals surface area contributed by atoms with Gasteiger partial charge >= 0.3 is 23.9 Å². The van der Waals surface area contributed by atoms with Crippen molar-refractivity contribution in [3.63, 3.8) is 0 Å². The second kappa shape index (κ2) is 52.3. The summed E-state index contributed by atoms with van der Waals surface area (Å²) in [6.07, 6.45) is -4.13. The maximum Gasteiger partial charge on any atom is 0.333 e. The normalized spacial score (nSPS) is 12.3. The van der Waals surface area contributed by atoms with Crippen LogP contribution in [-0.4, -0.2) is 142 Å². The van der Waals surface area contributed by atoms with Crippen LogP contribution in [0.4, 0.5) is 0 Å². The van der Waals surface area contributed by atoms with E-state index < -0.39 is 48.3 Å². The zero-order valence-corrected chi connectivity index (χ0v) is 70.7. The zero-order chi connectivity index (χ0) is 88.8. The number of rotatable bonds is 42. The monoisotopic (exact) mass is 1760 g/mol. The van der Waals surface area contributed by atoms with Crippen molar-refractivity contribution in [3.8, 4) is 57.5 Å². The molecular weight excluding hydrogens is 1630 g/mol. The Labute approximate surface area is 760 Å². The third-order valence-electron chi connectivity index (χ3n) is 19.8. The van der Waals surface area contributed by atoms with Crippen LogP contribution in [0.25, 0.3) is 0 Å². The zero-order valence-electron chi connectivity index (χ0n) is 70.7. The Morgan fingerprint density at radius 1 is 0.248 bits per heavy atom. The van der Waals surface area contributed by atoms with E-state index in [9.17, 15) is 44.4 Å². The molecule has 0 aromatic heterocycles. The highest BCUT2D eigenvalue weighted by molar-refractivity contribution is 6.09. The first kappa shape index (κ1) is 106. The molecule has 4 N–H and O–H groups in total. The molecular formula is C108H124O21. The molecule has 8 atom stereocenters. The molecule has 21 heteroatoms. The molecule has 0 bridgehead atoms. The molecule has 21 nitrogen and oxygen atoms in total. The molecule has 0 aliphatic rings. The number of methoxy groups -OCH3 is 2. The number of carbonyl (C=O) groups is 5. The van der Waals surface area contributed by atoms with E-state index in [1.54, 1.807) is 52.3 Å². The summed E-state index contributed by atoms with van der Waals surface area (Å²) in [7, 11) is 3.25. The van der Waals surface area contributed by atoms with Gasteiger partial charge in [0.2, 0.25) is 0 Å². The average Bonchev–Trinajstić information content (AvgIpc) is 0.781. The van der Waals surface area contributed by atoms with Gasteiger partial charge in [0.05, 0.1) is 14.2 Å². The molecule has 0 heterocycles. The highest BCUT2D eigenvalue weighted by Crippen LogP contribution is 2.47. The maximum atomic E-state index is 13.1. The van der Waals surface area contributed by atoms with Gasteiger partial charge in [-0.25, -0.2) is 19.2 Å². The fraction of sp³-hybridized carbons (Fsp3) is 0.269. The number of ketones is 1. The highest BCUT2D eigenvalue weighted by atomic mass is 16.6. The van der Waals surface area contributed by atoms with Gasteiger partial charge in [0, 0.05) is 57.1 Å². The lowest BCUT2D eigenvalue weighted by atomic mass is 9.73. The molecule has 0 saturated carbocycles. The van der Waals surface area contributed by atoms with Gasteiger partial charge in [-0.3, -0.25) is 4.79 Å². The summed E-state index contributed by atoms with van der Waals surface area (Å²) in [5, 5.41) is 41.6. The first-order chi connectivity index (χ1) is 59.7. The summed E-state index contributed by atoms with van der Waals surface area (Å²) in [5.74, 6) is 2.78. The Morgan fingerprint density at radius 2 is 0.411 bits per heavy atom. The number of aryl methyl sites for hydroxylation is 2. The average molecular weight is 1760 g/mol. The van der Waals surface area contributed by atoms with E-state index in [-0.39, 0.29) is 142 Å². The smallest absolute Gasteiger partial charge is 0.333 e. The van der Waals surface area contributed by atoms with Crippen molar-refractivity contribution in [1.29, 1.82) is 0 Å². The van der Waals surface area contributed by atoms with E-state index in [2.05, 4.69) is 50.6 Å². The van der Waals surface area contributed by atoms with Gasteiger partial charge in [-0.15, -0.1) is 0 Å². The molecule has 11 aromatic carbocycles. The Morgan fingerprint density at radius 3 is 0.605 bits per heavy atom. The fourth-order valence-corrected chi connectivity index (χ4v) is 13.1. The van der Waals surface area contributed by atoms with Crippen LogP contribution >= 0.6 is 0 Å². The largest absolute Gasteiger partial charge is 0.497 e. The summed E-state index contributed by atoms with van der Waals surface area (Å²) in [6.45, 7) is 23.2. The molecule has 0 radical (unpaired) electrons. The maximum absolute atomic E-state index is 13.1. The number of hydrogen-bond donors (Lipinski definition) is 4. The number of benzene rings is 11. The second-order valence-electron chi connectivity index (χ2n) is 30.0. The van der Waals surface area contributed by atoms with E-state index >= 15 is 0 Å². The molecule has 11 aromatic rings. The number of carbonyl (C=O) groups excluding carboxylic acids is 5. The van der Waals surface area contributed by atoms with Gasteiger partial charge in [0.15, 0.2) is 5.78 Å². The van der Waals surface area contributed by atoms with Gasteiger partial charge < -0.3 is 77.3 Å². The summed E-state index contributed by atoms with van der Waals surface area (Å²) < 4.78 is 67.2. The van der Waals surface area contributed by atoms with Crippen LogP contribution in [-0.2, 0) is 38.1 Å². The van der Waals surface area contributed by atoms with Crippen molar-refractivity contribution in [3.05, 3.63) is 382 Å². The van der Waals surface area contributed by atoms with E-state index in [4.69, 9.17) is 56.8 Å². The van der Waals surface area contributed by atoms with E-state index in [0.717, 1.165) is 67.1 Å². The molecule has 0 aliphatic carbocycles. The minimum absolute atomic E-state index is 0. The highest BCUT2D eigenvalue weighted by Gasteiger charge is 2.32. The topological polar surface area (TPSA) is 277 Å². The molecule has 0 fully saturated rings. The van der Waals surface area contributed by atoms with Gasteiger partial charge in [0.1, 0.15) is 135 Å². The van der Waals surface area contributed by atoms with Crippen LogP contribution in [0.2, 0.25) is 0 Å². The van der Waals surface area contributed by atoms with Crippen molar-refractivity contribution in [1.82, 2.24) is 0 Å². The van der Waals surface area contributed by atoms with Gasteiger partial charge in [0.25, 0.3) is 0 Å². The second-order valence-corrected chi connectivity index (χ2v) is 30.0. The third-order valence-corrected chi connectivity index (χ3v) is 19.8. The van der Waals surface area contributed by atoms with Gasteiger partial charge in [-0.1, -0.05) is 208 Å². The molecule has 0 saturated heterocycles. The van der Waals surface area contributed by atoms with Gasteiger partial charge in [-0.2, -0.15) is 0 Å². The lowest BCUT2D eigenvalue weighted by Crippen LogP contribution is -2.25. The molecule has 682 valence electrons. The predicted molar refractivity (Wildman–Crippen MR) is 507 cm³/mol. The van der Waals surface area contributed by atoms with Gasteiger partial charge in [-0.05, 0) is 220 Å². The molecule has 129 heavy (non-hydrogen) atoms. The summed E-state index contributed by atoms with van der Waals surface area (Å²) in [6, 6.07) is 84.9. The van der Waals surface area contributed by atoms with Crippen molar-refractivity contribution >= 4 is 29.7 Å². The third kappa shape index (κ3) is 31.9. The molecule has 0 spiro atoms. The first-order valence-corrected chi connectivity index (χ1v) is 40.2. The summed E-state index contributed by atoms with van der Waals surface area (Å²) in [5.41, 5.74) is 12.3. The molecule has 0 amide bonds. The van der Waals surface area contributed by atoms with Crippen molar-refractivity contribution < 1.29 is 101 Å². The standard InChI is InChI=1S/C55H54O11.C48H50O10.5CH4/c1-35(2)54(59)64-33-44(56)31-62-47-23-13-39(14-24-47)51(38-11-21-46(61-6)22-12-38)52(40-15-25-48(26-16-40)63-32-45(57)34-65-55(60)36(3)4)41-17-27-49(28-18-41)66-50-29-19-43(20-30-50)53(58)42-9-7-37(5)8-10-42;1-31(2)47(51)56-29-38(49)27-54-41-21-11-35(12-22-41)45(34-9-19-40(53-6)20-10-34)46(37-15-25-44(26-16-37)58-43-17-7-33(5)8-18-43)36-13-23-42(24-14-36)55-28-39(50)30-57-48(52)32(3)4;;;;;/h7-30,44-45,51-52,56-57H,1,3,31-34H2,2,4-6H3;7-26,38-39,45-46,49-50H,1,3,27-30H2,2,4-6H3;5*1H4. The number of esters is 4. The number of ether oxygens (including phenoxy) is 12. The SMILES string of the molecule is C.C.C.C.C.C=C(C)C(=O)OCC(O)COc1ccc(C(c2ccc(OC)cc2)C(c2ccc(OCC(O)COC(=O)C(=C)C)cc2)c2ccc(Oc3ccc(C(=O)c4ccc(C)cc4)cc3)cc2)cc1.C=C(C)C(=O)OCC(O)COc1ccc(C(c2ccc(OC)cc2)C(c2ccc(OCC(O)COC(=O)C(=C)C)cc2)c2ccc(Oc3ccc(C)cc3)cc2)cc1.